The molecule has 86 valence electrons. The van der Waals surface area contributed by atoms with Crippen LogP contribution < -0.4 is 0 Å². The molecule has 0 bridgehead atoms. The maximum Gasteiger partial charge on any atom is 0.0738 e. The van der Waals surface area contributed by atoms with E-state index in [2.05, 4.69) is 28.0 Å². The van der Waals surface area contributed by atoms with E-state index >= 15 is 0 Å². The number of alkyl halides is 1. The van der Waals surface area contributed by atoms with E-state index in [9.17, 15) is 0 Å². The van der Waals surface area contributed by atoms with Gasteiger partial charge in [0.05, 0.1) is 15.9 Å². The zero-order valence-corrected chi connectivity index (χ0v) is 11.9. The summed E-state index contributed by atoms with van der Waals surface area (Å²) in [5.74, 6) is 0. The van der Waals surface area contributed by atoms with E-state index in [4.69, 9.17) is 11.6 Å². The number of aromatic nitrogens is 2. The molecule has 1 heterocycles. The Morgan fingerprint density at radius 3 is 2.60 bits per heavy atom. The van der Waals surface area contributed by atoms with Crippen LogP contribution >= 0.6 is 27.5 Å². The third kappa shape index (κ3) is 3.49. The molecule has 0 saturated heterocycles. The fourth-order valence-corrected chi connectivity index (χ4v) is 2.56. The third-order valence-electron chi connectivity index (χ3n) is 2.56. The lowest BCUT2D eigenvalue weighted by Crippen LogP contribution is -2.04. The number of rotatable bonds is 5. The second-order valence-corrected chi connectivity index (χ2v) is 5.30. The van der Waals surface area contributed by atoms with Gasteiger partial charge >= 0.3 is 0 Å². The fourth-order valence-electron chi connectivity index (χ4n) is 1.70. The second-order valence-electron chi connectivity index (χ2n) is 3.89. The highest BCUT2D eigenvalue weighted by atomic mass is 79.9. The van der Waals surface area contributed by atoms with Gasteiger partial charge in [0, 0.05) is 12.4 Å². The maximum absolute atomic E-state index is 6.20. The molecule has 0 saturated carbocycles. The topological polar surface area (TPSA) is 17.8 Å². The lowest BCUT2D eigenvalue weighted by Gasteiger charge is -2.08. The number of hydrogen-bond donors (Lipinski definition) is 0. The molecule has 0 N–H and O–H groups in total. The molecule has 2 nitrogen and oxygen atoms in total. The molecule has 1 rings (SSSR count). The smallest absolute Gasteiger partial charge is 0.0738 e. The largest absolute Gasteiger partial charge is 0.271 e. The van der Waals surface area contributed by atoms with Crippen molar-refractivity contribution in [2.24, 2.45) is 7.05 Å². The SMILES string of the molecule is CCCC(Cl)CCc1c(Br)c(C)nn1C. The van der Waals surface area contributed by atoms with Gasteiger partial charge in [-0.1, -0.05) is 13.3 Å². The van der Waals surface area contributed by atoms with Crippen molar-refractivity contribution in [1.29, 1.82) is 0 Å². The molecule has 1 atom stereocenters. The molecule has 0 fully saturated rings. The Kier molecular flexibility index (Phi) is 5.13. The third-order valence-corrected chi connectivity index (χ3v) is 4.03. The van der Waals surface area contributed by atoms with Crippen LogP contribution in [-0.4, -0.2) is 15.2 Å². The van der Waals surface area contributed by atoms with E-state index < -0.39 is 0 Å². The van der Waals surface area contributed by atoms with Crippen molar-refractivity contribution in [3.8, 4) is 0 Å². The first-order valence-corrected chi connectivity index (χ1v) is 6.61. The number of halogens is 2. The highest BCUT2D eigenvalue weighted by Gasteiger charge is 2.12. The molecule has 1 unspecified atom stereocenters. The Bertz CT molecular complexity index is 323. The van der Waals surface area contributed by atoms with Crippen molar-refractivity contribution >= 4 is 27.5 Å². The molecule has 0 radical (unpaired) electrons. The van der Waals surface area contributed by atoms with Gasteiger partial charge in [0.15, 0.2) is 0 Å². The van der Waals surface area contributed by atoms with E-state index in [1.54, 1.807) is 0 Å². The number of aryl methyl sites for hydroxylation is 2. The van der Waals surface area contributed by atoms with Gasteiger partial charge in [-0.15, -0.1) is 11.6 Å². The van der Waals surface area contributed by atoms with Crippen molar-refractivity contribution < 1.29 is 0 Å². The molecule has 0 aliphatic carbocycles. The monoisotopic (exact) mass is 292 g/mol. The minimum absolute atomic E-state index is 0.289. The Morgan fingerprint density at radius 2 is 2.13 bits per heavy atom. The number of nitrogens with zero attached hydrogens (tertiary/aromatic N) is 2. The Balaban J connectivity index is 2.57. The van der Waals surface area contributed by atoms with Gasteiger partial charge in [0.1, 0.15) is 0 Å². The minimum Gasteiger partial charge on any atom is -0.271 e. The second kappa shape index (κ2) is 5.90. The van der Waals surface area contributed by atoms with Crippen molar-refractivity contribution in [2.75, 3.05) is 0 Å². The van der Waals surface area contributed by atoms with E-state index in [0.717, 1.165) is 35.8 Å². The van der Waals surface area contributed by atoms with Gasteiger partial charge in [0.25, 0.3) is 0 Å². The molecular weight excluding hydrogens is 275 g/mol. The van der Waals surface area contributed by atoms with Crippen LogP contribution in [0.5, 0.6) is 0 Å². The first-order chi connectivity index (χ1) is 7.06. The van der Waals surface area contributed by atoms with Crippen LogP contribution in [0.2, 0.25) is 0 Å². The van der Waals surface area contributed by atoms with E-state index in [1.165, 1.54) is 5.69 Å². The van der Waals surface area contributed by atoms with Crippen LogP contribution in [0.1, 0.15) is 37.6 Å². The van der Waals surface area contributed by atoms with Gasteiger partial charge in [0.2, 0.25) is 0 Å². The minimum atomic E-state index is 0.289. The van der Waals surface area contributed by atoms with Crippen molar-refractivity contribution in [2.45, 2.75) is 44.9 Å². The van der Waals surface area contributed by atoms with Crippen molar-refractivity contribution in [3.63, 3.8) is 0 Å². The van der Waals surface area contributed by atoms with Crippen LogP contribution in [0, 0.1) is 6.92 Å². The fraction of sp³-hybridized carbons (Fsp3) is 0.727. The van der Waals surface area contributed by atoms with E-state index in [0.29, 0.717) is 0 Å². The molecule has 0 amide bonds. The molecule has 1 aromatic rings. The summed E-state index contributed by atoms with van der Waals surface area (Å²) in [7, 11) is 1.98. The van der Waals surface area contributed by atoms with Gasteiger partial charge in [-0.2, -0.15) is 5.10 Å². The molecule has 4 heteroatoms. The van der Waals surface area contributed by atoms with Gasteiger partial charge in [-0.05, 0) is 42.1 Å². The normalized spacial score (nSPS) is 13.1. The predicted octanol–water partition coefficient (Wildman–Crippen LogP) is 3.83. The summed E-state index contributed by atoms with van der Waals surface area (Å²) in [5.41, 5.74) is 2.29. The summed E-state index contributed by atoms with van der Waals surface area (Å²) in [4.78, 5) is 0. The van der Waals surface area contributed by atoms with Crippen LogP contribution in [0.25, 0.3) is 0 Å². The standard InChI is InChI=1S/C11H18BrClN2/c1-4-5-9(13)6-7-10-11(12)8(2)14-15(10)3/h9H,4-7H2,1-3H3. The van der Waals surface area contributed by atoms with E-state index in [1.807, 2.05) is 18.7 Å². The highest BCUT2D eigenvalue weighted by molar-refractivity contribution is 9.10. The van der Waals surface area contributed by atoms with E-state index in [-0.39, 0.29) is 5.38 Å². The Hall–Kier alpha value is -0.0200. The average molecular weight is 294 g/mol. The van der Waals surface area contributed by atoms with Crippen LogP contribution in [0.3, 0.4) is 0 Å². The summed E-state index contributed by atoms with van der Waals surface area (Å²) in [6.07, 6.45) is 4.26. The lowest BCUT2D eigenvalue weighted by atomic mass is 10.1. The van der Waals surface area contributed by atoms with Gasteiger partial charge in [-0.25, -0.2) is 0 Å². The first-order valence-electron chi connectivity index (χ1n) is 5.38. The Labute approximate surface area is 105 Å². The molecule has 0 aromatic carbocycles. The summed E-state index contributed by atoms with van der Waals surface area (Å²) in [5, 5.41) is 4.65. The zero-order valence-electron chi connectivity index (χ0n) is 9.56. The van der Waals surface area contributed by atoms with Crippen LogP contribution in [0.4, 0.5) is 0 Å². The average Bonchev–Trinajstić information content (AvgIpc) is 2.40. The lowest BCUT2D eigenvalue weighted by molar-refractivity contribution is 0.634. The van der Waals surface area contributed by atoms with Crippen LogP contribution in [0.15, 0.2) is 4.47 Å². The summed E-state index contributed by atoms with van der Waals surface area (Å²) < 4.78 is 3.07. The molecular formula is C11H18BrClN2. The summed E-state index contributed by atoms with van der Waals surface area (Å²) >= 11 is 9.76. The first kappa shape index (κ1) is 13.0. The molecule has 15 heavy (non-hydrogen) atoms. The van der Waals surface area contributed by atoms with Crippen LogP contribution in [-0.2, 0) is 13.5 Å². The van der Waals surface area contributed by atoms with Crippen molar-refractivity contribution in [1.82, 2.24) is 9.78 Å². The molecule has 1 aromatic heterocycles. The number of hydrogen-bond acceptors (Lipinski definition) is 1. The summed E-state index contributed by atoms with van der Waals surface area (Å²) in [6, 6.07) is 0. The maximum atomic E-state index is 6.20. The quantitative estimate of drug-likeness (QED) is 0.754. The van der Waals surface area contributed by atoms with Gasteiger partial charge < -0.3 is 0 Å². The molecule has 0 aliphatic rings. The van der Waals surface area contributed by atoms with Crippen molar-refractivity contribution in [3.05, 3.63) is 15.9 Å². The Morgan fingerprint density at radius 1 is 1.47 bits per heavy atom. The molecule has 0 spiro atoms. The summed E-state index contributed by atoms with van der Waals surface area (Å²) in [6.45, 7) is 4.18. The predicted molar refractivity (Wildman–Crippen MR) is 68.5 cm³/mol. The van der Waals surface area contributed by atoms with Gasteiger partial charge in [-0.3, -0.25) is 4.68 Å². The molecule has 0 aliphatic heterocycles. The highest BCUT2D eigenvalue weighted by Crippen LogP contribution is 2.23. The zero-order chi connectivity index (χ0) is 11.4.